The Balaban J connectivity index is 1.36. The van der Waals surface area contributed by atoms with E-state index in [-0.39, 0.29) is 23.7 Å². The van der Waals surface area contributed by atoms with Crippen LogP contribution < -0.4 is 15.4 Å². The molecule has 1 saturated carbocycles. The zero-order chi connectivity index (χ0) is 29.2. The molecule has 3 aromatic rings. The van der Waals surface area contributed by atoms with Crippen molar-refractivity contribution in [3.05, 3.63) is 64.8 Å². The molecule has 1 aromatic heterocycles. The van der Waals surface area contributed by atoms with Crippen molar-refractivity contribution in [2.24, 2.45) is 0 Å². The van der Waals surface area contributed by atoms with Gasteiger partial charge in [0.2, 0.25) is 5.91 Å². The van der Waals surface area contributed by atoms with Gasteiger partial charge in [-0.25, -0.2) is 8.42 Å². The molecule has 2 amide bonds. The molecular weight excluding hydrogens is 561 g/mol. The Morgan fingerprint density at radius 2 is 1.93 bits per heavy atom. The van der Waals surface area contributed by atoms with Gasteiger partial charge in [0, 0.05) is 11.8 Å². The number of aryl methyl sites for hydroxylation is 1. The van der Waals surface area contributed by atoms with Gasteiger partial charge in [0.25, 0.3) is 5.91 Å². The highest BCUT2D eigenvalue weighted by Crippen LogP contribution is 2.45. The molecule has 0 radical (unpaired) electrons. The molecule has 1 aliphatic heterocycles. The Hall–Kier alpha value is -3.87. The lowest BCUT2D eigenvalue weighted by Gasteiger charge is -2.36. The molecule has 0 unspecified atom stereocenters. The van der Waals surface area contributed by atoms with Crippen LogP contribution >= 0.6 is 0 Å². The molecular formula is C28H27F3N4O5S. The molecule has 2 heterocycles. The molecule has 1 atom stereocenters. The molecule has 0 saturated heterocycles. The number of alkyl halides is 3. The van der Waals surface area contributed by atoms with E-state index in [1.165, 1.54) is 16.3 Å². The Morgan fingerprint density at radius 3 is 2.59 bits per heavy atom. The van der Waals surface area contributed by atoms with Crippen molar-refractivity contribution >= 4 is 27.3 Å². The monoisotopic (exact) mass is 588 g/mol. The lowest BCUT2D eigenvalue weighted by atomic mass is 9.89. The van der Waals surface area contributed by atoms with E-state index < -0.39 is 45.7 Å². The number of carbonyl (C=O) groups is 2. The van der Waals surface area contributed by atoms with Crippen molar-refractivity contribution in [2.75, 3.05) is 23.9 Å². The maximum atomic E-state index is 13.6. The molecule has 13 heteroatoms. The fourth-order valence-corrected chi connectivity index (χ4v) is 6.27. The van der Waals surface area contributed by atoms with E-state index >= 15 is 0 Å². The second kappa shape index (κ2) is 9.61. The summed E-state index contributed by atoms with van der Waals surface area (Å²) in [4.78, 5) is 26.3. The lowest BCUT2D eigenvalue weighted by molar-refractivity contribution is -0.153. The highest BCUT2D eigenvalue weighted by atomic mass is 32.2. The van der Waals surface area contributed by atoms with E-state index in [1.807, 2.05) is 24.3 Å². The molecule has 1 spiro atoms. The molecule has 6 rings (SSSR count). The van der Waals surface area contributed by atoms with Crippen molar-refractivity contribution < 1.29 is 35.9 Å². The van der Waals surface area contributed by atoms with E-state index in [0.717, 1.165) is 30.2 Å². The van der Waals surface area contributed by atoms with Crippen LogP contribution in [-0.4, -0.2) is 54.8 Å². The topological polar surface area (TPSA) is 119 Å². The van der Waals surface area contributed by atoms with E-state index in [9.17, 15) is 31.2 Å². The normalized spacial score (nSPS) is 20.0. The minimum atomic E-state index is -4.46. The third-order valence-corrected chi connectivity index (χ3v) is 8.43. The third kappa shape index (κ3) is 5.54. The number of hydrogen-bond donors (Lipinski definition) is 2. The van der Waals surface area contributed by atoms with Crippen molar-refractivity contribution in [1.29, 1.82) is 0 Å². The van der Waals surface area contributed by atoms with Crippen LogP contribution in [0.4, 0.5) is 18.9 Å². The minimum Gasteiger partial charge on any atom is -0.484 e. The summed E-state index contributed by atoms with van der Waals surface area (Å²) >= 11 is 0. The lowest BCUT2D eigenvalue weighted by Crippen LogP contribution is -2.52. The van der Waals surface area contributed by atoms with Crippen molar-refractivity contribution in [2.45, 2.75) is 49.9 Å². The molecule has 3 aliphatic rings. The van der Waals surface area contributed by atoms with Gasteiger partial charge in [0.15, 0.2) is 22.1 Å². The number of ether oxygens (including phenoxy) is 1. The van der Waals surface area contributed by atoms with Crippen LogP contribution in [0.2, 0.25) is 0 Å². The molecule has 2 aromatic carbocycles. The zero-order valence-corrected chi connectivity index (χ0v) is 22.9. The first-order valence-electron chi connectivity index (χ1n) is 13.1. The van der Waals surface area contributed by atoms with Gasteiger partial charge in [-0.2, -0.15) is 18.3 Å². The van der Waals surface area contributed by atoms with Crippen LogP contribution in [0.15, 0.2) is 42.5 Å². The van der Waals surface area contributed by atoms with Gasteiger partial charge in [0.05, 0.1) is 12.1 Å². The fourth-order valence-electron chi connectivity index (χ4n) is 5.72. The van der Waals surface area contributed by atoms with Gasteiger partial charge >= 0.3 is 6.18 Å². The number of benzene rings is 2. The Bertz CT molecular complexity index is 1660. The smallest absolute Gasteiger partial charge is 0.422 e. The Labute approximate surface area is 234 Å². The van der Waals surface area contributed by atoms with Crippen LogP contribution in [0.25, 0.3) is 11.3 Å². The standard InChI is InChI=1S/C28H27F3N4O5S/c1-41(38,39)13-22(36)32-24-23(18-6-4-17(5-7-18)16-2-3-16)34-35-14-27(33-26(37)25(24)35)11-10-19-12-20(8-9-21(19)27)40-15-28(29,30)31/h4-9,12,16H,2-3,10-11,13-15H2,1H3,(H,32,36)(H,33,37)/t27-/m1/s1. The molecule has 2 N–H and O–H groups in total. The SMILES string of the molecule is CS(=O)(=O)CC(=O)Nc1c(-c2ccc(C3CC3)cc2)nn2c1C(=O)N[C@]1(CCc3cc(OCC(F)(F)F)ccc31)C2. The van der Waals surface area contributed by atoms with Crippen LogP contribution in [0.1, 0.15) is 52.4 Å². The number of halogens is 3. The summed E-state index contributed by atoms with van der Waals surface area (Å²) in [5.74, 6) is -1.43. The molecule has 9 nitrogen and oxygen atoms in total. The van der Waals surface area contributed by atoms with Crippen LogP contribution in [0.3, 0.4) is 0 Å². The van der Waals surface area contributed by atoms with E-state index in [1.54, 1.807) is 12.1 Å². The summed E-state index contributed by atoms with van der Waals surface area (Å²) in [7, 11) is -3.63. The van der Waals surface area contributed by atoms with Gasteiger partial charge in [-0.1, -0.05) is 30.3 Å². The number of sulfone groups is 1. The molecule has 216 valence electrons. The van der Waals surface area contributed by atoms with Gasteiger partial charge in [0.1, 0.15) is 22.9 Å². The first kappa shape index (κ1) is 27.3. The average Bonchev–Trinajstić information content (AvgIpc) is 3.60. The van der Waals surface area contributed by atoms with E-state index in [0.29, 0.717) is 30.0 Å². The van der Waals surface area contributed by atoms with Crippen LogP contribution in [-0.2, 0) is 33.1 Å². The first-order chi connectivity index (χ1) is 19.3. The Kier molecular flexibility index (Phi) is 6.40. The quantitative estimate of drug-likeness (QED) is 0.432. The summed E-state index contributed by atoms with van der Waals surface area (Å²) in [6, 6.07) is 12.4. The Morgan fingerprint density at radius 1 is 1.20 bits per heavy atom. The number of rotatable bonds is 7. The zero-order valence-electron chi connectivity index (χ0n) is 22.0. The predicted molar refractivity (Wildman–Crippen MR) is 143 cm³/mol. The number of carbonyl (C=O) groups excluding carboxylic acids is 2. The largest absolute Gasteiger partial charge is 0.484 e. The van der Waals surface area contributed by atoms with Crippen molar-refractivity contribution in [3.63, 3.8) is 0 Å². The van der Waals surface area contributed by atoms with Crippen molar-refractivity contribution in [3.8, 4) is 17.0 Å². The molecule has 0 bridgehead atoms. The van der Waals surface area contributed by atoms with Gasteiger partial charge < -0.3 is 15.4 Å². The van der Waals surface area contributed by atoms with E-state index in [4.69, 9.17) is 9.84 Å². The van der Waals surface area contributed by atoms with Gasteiger partial charge in [-0.05, 0) is 60.4 Å². The highest BCUT2D eigenvalue weighted by Gasteiger charge is 2.46. The summed E-state index contributed by atoms with van der Waals surface area (Å²) in [5.41, 5.74) is 3.06. The minimum absolute atomic E-state index is 0.0906. The number of anilines is 1. The number of fused-ring (bicyclic) bond motifs is 3. The summed E-state index contributed by atoms with van der Waals surface area (Å²) in [6.45, 7) is -1.19. The summed E-state index contributed by atoms with van der Waals surface area (Å²) in [5, 5.41) is 10.4. The second-order valence-electron chi connectivity index (χ2n) is 11.0. The van der Waals surface area contributed by atoms with Gasteiger partial charge in [-0.3, -0.25) is 14.3 Å². The van der Waals surface area contributed by atoms with Crippen LogP contribution in [0.5, 0.6) is 5.75 Å². The van der Waals surface area contributed by atoms with Crippen molar-refractivity contribution in [1.82, 2.24) is 15.1 Å². The van der Waals surface area contributed by atoms with Crippen LogP contribution in [0, 0.1) is 0 Å². The summed E-state index contributed by atoms with van der Waals surface area (Å²) in [6.07, 6.45) is -0.265. The number of nitrogens with one attached hydrogen (secondary N) is 2. The third-order valence-electron chi connectivity index (χ3n) is 7.65. The molecule has 41 heavy (non-hydrogen) atoms. The first-order valence-corrected chi connectivity index (χ1v) is 15.2. The number of amides is 2. The number of nitrogens with zero attached hydrogens (tertiary/aromatic N) is 2. The molecule has 2 aliphatic carbocycles. The fraction of sp³-hybridized carbons (Fsp3) is 0.393. The summed E-state index contributed by atoms with van der Waals surface area (Å²) < 4.78 is 67.8. The predicted octanol–water partition coefficient (Wildman–Crippen LogP) is 3.94. The molecule has 1 fully saturated rings. The second-order valence-corrected chi connectivity index (χ2v) is 13.1. The van der Waals surface area contributed by atoms with E-state index in [2.05, 4.69) is 10.6 Å². The number of aromatic nitrogens is 2. The average molecular weight is 589 g/mol. The maximum Gasteiger partial charge on any atom is 0.422 e. The highest BCUT2D eigenvalue weighted by molar-refractivity contribution is 7.91. The number of hydrogen-bond acceptors (Lipinski definition) is 6. The maximum absolute atomic E-state index is 13.6. The van der Waals surface area contributed by atoms with Gasteiger partial charge in [-0.15, -0.1) is 0 Å².